The number of carbonyl (C=O) groups excluding carboxylic acids is 1. The predicted octanol–water partition coefficient (Wildman–Crippen LogP) is -1.45. The van der Waals surface area contributed by atoms with Gasteiger partial charge in [0.1, 0.15) is 11.8 Å². The van der Waals surface area contributed by atoms with Crippen LogP contribution in [-0.2, 0) is 16.0 Å². The van der Waals surface area contributed by atoms with Gasteiger partial charge < -0.3 is 25.1 Å². The normalized spacial score (nSPS) is 12.6. The Hall–Kier alpha value is -1.90. The molecule has 0 radical (unpaired) electrons. The minimum Gasteiger partial charge on any atom is -0.544 e. The van der Waals surface area contributed by atoms with Gasteiger partial charge in [0, 0.05) is 13.3 Å². The van der Waals surface area contributed by atoms with Crippen molar-refractivity contribution in [1.29, 1.82) is 0 Å². The fourth-order valence-corrected chi connectivity index (χ4v) is 2.11. The summed E-state index contributed by atoms with van der Waals surface area (Å²) in [6.45, 7) is 1.26. The van der Waals surface area contributed by atoms with E-state index in [1.807, 2.05) is 0 Å². The molecule has 0 fully saturated rings. The summed E-state index contributed by atoms with van der Waals surface area (Å²) < 4.78 is 5.19. The van der Waals surface area contributed by atoms with E-state index in [-0.39, 0.29) is 6.42 Å². The number of aliphatic hydroxyl groups is 2. The number of hydrogen-bond acceptors (Lipinski definition) is 5. The topological polar surface area (TPSA) is 116 Å². The third-order valence-electron chi connectivity index (χ3n) is 2.44. The molecule has 7 nitrogen and oxygen atoms in total. The molecule has 0 spiro atoms. The Bertz CT molecular complexity index is 462. The van der Waals surface area contributed by atoms with E-state index in [0.29, 0.717) is 5.75 Å². The minimum absolute atomic E-state index is 0.162. The maximum Gasteiger partial charge on any atom is 0.326 e. The van der Waals surface area contributed by atoms with Crippen LogP contribution in [0.3, 0.4) is 0 Å². The van der Waals surface area contributed by atoms with E-state index in [1.165, 1.54) is 6.92 Å². The molecule has 20 heavy (non-hydrogen) atoms. The van der Waals surface area contributed by atoms with Crippen LogP contribution in [0.15, 0.2) is 24.3 Å². The fraction of sp³-hybridized carbons (Fsp3) is 0.333. The Morgan fingerprint density at radius 3 is 2.35 bits per heavy atom. The standard InChI is InChI=1S/C12H17NO6Si/c1-7(14)13-10(11(15)16)6-8-2-4-9(5-3-8)19-20-12(17)18/h2-5,10,12,17-18H,6,20H2,1H3,(H,13,14)(H,15,16)/t10-/m0/s1. The molecule has 0 saturated heterocycles. The summed E-state index contributed by atoms with van der Waals surface area (Å²) in [6.07, 6.45) is 0.162. The number of amides is 1. The minimum atomic E-state index is -1.45. The number of rotatable bonds is 7. The maximum atomic E-state index is 11.0. The van der Waals surface area contributed by atoms with Crippen molar-refractivity contribution >= 4 is 21.6 Å². The monoisotopic (exact) mass is 299 g/mol. The van der Waals surface area contributed by atoms with Gasteiger partial charge in [0.2, 0.25) is 5.91 Å². The van der Waals surface area contributed by atoms with Crippen LogP contribution in [-0.4, -0.2) is 48.9 Å². The lowest BCUT2D eigenvalue weighted by Gasteiger charge is -2.14. The fourth-order valence-electron chi connectivity index (χ4n) is 1.57. The molecule has 0 saturated carbocycles. The molecule has 1 atom stereocenters. The van der Waals surface area contributed by atoms with E-state index in [9.17, 15) is 9.59 Å². The Kier molecular flexibility index (Phi) is 6.16. The van der Waals surface area contributed by atoms with Crippen molar-refractivity contribution in [3.8, 4) is 5.75 Å². The average molecular weight is 299 g/mol. The lowest BCUT2D eigenvalue weighted by molar-refractivity contribution is -0.141. The van der Waals surface area contributed by atoms with Crippen LogP contribution in [0.25, 0.3) is 0 Å². The van der Waals surface area contributed by atoms with Gasteiger partial charge in [-0.05, 0) is 17.7 Å². The lowest BCUT2D eigenvalue weighted by Crippen LogP contribution is -2.41. The Labute approximate surface area is 118 Å². The van der Waals surface area contributed by atoms with E-state index < -0.39 is 33.6 Å². The molecule has 0 heterocycles. The summed E-state index contributed by atoms with van der Waals surface area (Å²) in [5, 5.41) is 28.8. The largest absolute Gasteiger partial charge is 0.544 e. The first-order valence-electron chi connectivity index (χ1n) is 5.96. The summed E-state index contributed by atoms with van der Waals surface area (Å²) >= 11 is 0. The number of carboxylic acids is 1. The van der Waals surface area contributed by atoms with Crippen molar-refractivity contribution in [2.24, 2.45) is 0 Å². The molecule has 0 aliphatic carbocycles. The van der Waals surface area contributed by atoms with Gasteiger partial charge in [0.05, 0.1) is 0 Å². The smallest absolute Gasteiger partial charge is 0.326 e. The van der Waals surface area contributed by atoms with Gasteiger partial charge in [-0.15, -0.1) is 0 Å². The first-order valence-corrected chi connectivity index (χ1v) is 7.35. The Morgan fingerprint density at radius 2 is 1.90 bits per heavy atom. The summed E-state index contributed by atoms with van der Waals surface area (Å²) in [6, 6.07) is 5.61. The van der Waals surface area contributed by atoms with Crippen LogP contribution in [0.5, 0.6) is 5.75 Å². The molecule has 0 aliphatic rings. The van der Waals surface area contributed by atoms with E-state index in [1.54, 1.807) is 24.3 Å². The van der Waals surface area contributed by atoms with Gasteiger partial charge in [0.25, 0.3) is 9.76 Å². The second-order valence-corrected chi connectivity index (χ2v) is 5.58. The quantitative estimate of drug-likeness (QED) is 0.361. The SMILES string of the molecule is CC(=O)N[C@@H](Cc1ccc(O[SiH2]C(O)O)cc1)C(=O)O. The molecule has 8 heteroatoms. The van der Waals surface area contributed by atoms with Crippen LogP contribution in [0.4, 0.5) is 0 Å². The first kappa shape index (κ1) is 16.2. The number of carbonyl (C=O) groups is 2. The zero-order chi connectivity index (χ0) is 15.1. The Morgan fingerprint density at radius 1 is 1.30 bits per heavy atom. The average Bonchev–Trinajstić information content (AvgIpc) is 2.36. The lowest BCUT2D eigenvalue weighted by atomic mass is 10.1. The van der Waals surface area contributed by atoms with Crippen molar-refractivity contribution in [2.75, 3.05) is 0 Å². The summed E-state index contributed by atoms with van der Waals surface area (Å²) in [7, 11) is -1.45. The van der Waals surface area contributed by atoms with Crippen LogP contribution in [0, 0.1) is 0 Å². The number of aliphatic carboxylic acids is 1. The highest BCUT2D eigenvalue weighted by molar-refractivity contribution is 6.29. The number of aliphatic hydroxyl groups excluding tert-OH is 1. The molecule has 4 N–H and O–H groups in total. The third kappa shape index (κ3) is 5.82. The van der Waals surface area contributed by atoms with Crippen LogP contribution < -0.4 is 9.74 Å². The molecule has 1 aromatic carbocycles. The predicted molar refractivity (Wildman–Crippen MR) is 72.8 cm³/mol. The summed E-state index contributed by atoms with van der Waals surface area (Å²) in [5.74, 6) is -2.41. The maximum absolute atomic E-state index is 11.0. The second-order valence-electron chi connectivity index (χ2n) is 4.23. The van der Waals surface area contributed by atoms with Gasteiger partial charge in [0.15, 0.2) is 5.91 Å². The highest BCUT2D eigenvalue weighted by Gasteiger charge is 2.18. The molecule has 0 aliphatic heterocycles. The number of carboxylic acid groups (broad SMARTS) is 1. The number of nitrogens with one attached hydrogen (secondary N) is 1. The van der Waals surface area contributed by atoms with Crippen molar-refractivity contribution in [3.63, 3.8) is 0 Å². The van der Waals surface area contributed by atoms with Gasteiger partial charge in [-0.25, -0.2) is 4.79 Å². The van der Waals surface area contributed by atoms with Crippen LogP contribution >= 0.6 is 0 Å². The van der Waals surface area contributed by atoms with Gasteiger partial charge in [-0.3, -0.25) is 4.79 Å². The molecule has 1 aromatic rings. The second kappa shape index (κ2) is 7.63. The molecule has 1 rings (SSSR count). The zero-order valence-corrected chi connectivity index (χ0v) is 12.4. The van der Waals surface area contributed by atoms with Crippen molar-refractivity contribution < 1.29 is 29.3 Å². The molecule has 0 unspecified atom stereocenters. The molecule has 0 aromatic heterocycles. The highest BCUT2D eigenvalue weighted by atomic mass is 28.2. The summed E-state index contributed by atoms with van der Waals surface area (Å²) in [5.41, 5.74) is 0.727. The summed E-state index contributed by atoms with van der Waals surface area (Å²) in [4.78, 5) is 21.9. The zero-order valence-electron chi connectivity index (χ0n) is 10.9. The molecule has 110 valence electrons. The third-order valence-corrected chi connectivity index (χ3v) is 3.24. The van der Waals surface area contributed by atoms with Gasteiger partial charge >= 0.3 is 5.97 Å². The highest BCUT2D eigenvalue weighted by Crippen LogP contribution is 2.13. The number of hydrogen-bond donors (Lipinski definition) is 4. The van der Waals surface area contributed by atoms with Crippen LogP contribution in [0.2, 0.25) is 0 Å². The van der Waals surface area contributed by atoms with Gasteiger partial charge in [-0.1, -0.05) is 12.1 Å². The van der Waals surface area contributed by atoms with Gasteiger partial charge in [-0.2, -0.15) is 0 Å². The molecular weight excluding hydrogens is 282 g/mol. The van der Waals surface area contributed by atoms with E-state index >= 15 is 0 Å². The Balaban J connectivity index is 2.63. The van der Waals surface area contributed by atoms with Crippen LogP contribution in [0.1, 0.15) is 12.5 Å². The molecular formula is C12H17NO6Si. The van der Waals surface area contributed by atoms with Crippen molar-refractivity contribution in [1.82, 2.24) is 5.32 Å². The van der Waals surface area contributed by atoms with Crippen molar-refractivity contribution in [3.05, 3.63) is 29.8 Å². The molecule has 1 amide bonds. The number of benzene rings is 1. The molecule has 0 bridgehead atoms. The first-order chi connectivity index (χ1) is 9.38. The van der Waals surface area contributed by atoms with E-state index in [4.69, 9.17) is 19.7 Å². The van der Waals surface area contributed by atoms with Crippen molar-refractivity contribution in [2.45, 2.75) is 25.3 Å². The van der Waals surface area contributed by atoms with E-state index in [0.717, 1.165) is 5.56 Å². The van der Waals surface area contributed by atoms with E-state index in [2.05, 4.69) is 5.32 Å².